The van der Waals surface area contributed by atoms with Crippen LogP contribution < -0.4 is 11.1 Å². The fourth-order valence-electron chi connectivity index (χ4n) is 3.16. The summed E-state index contributed by atoms with van der Waals surface area (Å²) < 4.78 is 0. The zero-order valence-electron chi connectivity index (χ0n) is 14.1. The van der Waals surface area contributed by atoms with Crippen LogP contribution in [-0.2, 0) is 22.6 Å². The number of carbonyl (C=O) groups is 2. The Kier molecular flexibility index (Phi) is 5.83. The fraction of sp³-hybridized carbons (Fsp3) is 0.368. The molecular formula is C19H23N3O2S. The molecule has 1 aromatic heterocycles. The van der Waals surface area contributed by atoms with Crippen LogP contribution in [0.15, 0.2) is 41.8 Å². The van der Waals surface area contributed by atoms with Crippen molar-refractivity contribution in [1.29, 1.82) is 0 Å². The molecule has 0 atom stereocenters. The molecule has 0 radical (unpaired) electrons. The number of rotatable bonds is 6. The minimum atomic E-state index is -0.185. The molecule has 3 rings (SSSR count). The molecule has 1 fully saturated rings. The summed E-state index contributed by atoms with van der Waals surface area (Å²) in [4.78, 5) is 26.8. The standard InChI is InChI=1S/C19H23N3O2S/c20-19(24)15-6-8-22(9-7-15)13-14-3-1-4-16(11-14)21-18(23)12-17-5-2-10-25-17/h1-5,10-11,15H,6-9,12-13H2,(H2,20,24)(H,21,23). The zero-order chi connectivity index (χ0) is 17.6. The Morgan fingerprint density at radius 1 is 1.20 bits per heavy atom. The molecule has 2 heterocycles. The molecule has 2 amide bonds. The van der Waals surface area contributed by atoms with Gasteiger partial charge in [-0.1, -0.05) is 18.2 Å². The molecule has 1 aliphatic rings. The van der Waals surface area contributed by atoms with E-state index < -0.39 is 0 Å². The molecule has 1 aromatic carbocycles. The molecule has 1 saturated heterocycles. The lowest BCUT2D eigenvalue weighted by molar-refractivity contribution is -0.123. The van der Waals surface area contributed by atoms with E-state index in [9.17, 15) is 9.59 Å². The van der Waals surface area contributed by atoms with Gasteiger partial charge in [0.25, 0.3) is 0 Å². The summed E-state index contributed by atoms with van der Waals surface area (Å²) in [5, 5.41) is 4.94. The van der Waals surface area contributed by atoms with Crippen LogP contribution >= 0.6 is 11.3 Å². The van der Waals surface area contributed by atoms with Gasteiger partial charge < -0.3 is 11.1 Å². The highest BCUT2D eigenvalue weighted by atomic mass is 32.1. The average molecular weight is 357 g/mol. The van der Waals surface area contributed by atoms with Gasteiger partial charge in [0, 0.05) is 23.0 Å². The van der Waals surface area contributed by atoms with Crippen LogP contribution in [0.3, 0.4) is 0 Å². The van der Waals surface area contributed by atoms with Crippen molar-refractivity contribution in [3.63, 3.8) is 0 Å². The summed E-state index contributed by atoms with van der Waals surface area (Å²) in [5.74, 6) is -0.170. The second kappa shape index (κ2) is 8.27. The number of nitrogens with two attached hydrogens (primary N) is 1. The maximum Gasteiger partial charge on any atom is 0.229 e. The van der Waals surface area contributed by atoms with E-state index in [0.717, 1.165) is 48.6 Å². The molecule has 2 aromatic rings. The van der Waals surface area contributed by atoms with Crippen LogP contribution in [0.25, 0.3) is 0 Å². The van der Waals surface area contributed by atoms with Gasteiger partial charge in [0.15, 0.2) is 0 Å². The molecular weight excluding hydrogens is 334 g/mol. The number of amides is 2. The summed E-state index contributed by atoms with van der Waals surface area (Å²) in [6, 6.07) is 11.9. The van der Waals surface area contributed by atoms with Crippen LogP contribution in [0, 0.1) is 5.92 Å². The van der Waals surface area contributed by atoms with E-state index in [1.165, 1.54) is 0 Å². The molecule has 5 nitrogen and oxygen atoms in total. The van der Waals surface area contributed by atoms with Crippen LogP contribution in [-0.4, -0.2) is 29.8 Å². The smallest absolute Gasteiger partial charge is 0.229 e. The Hall–Kier alpha value is -2.18. The van der Waals surface area contributed by atoms with E-state index >= 15 is 0 Å². The molecule has 6 heteroatoms. The number of piperidine rings is 1. The largest absolute Gasteiger partial charge is 0.369 e. The molecule has 0 saturated carbocycles. The molecule has 132 valence electrons. The second-order valence-electron chi connectivity index (χ2n) is 6.46. The maximum atomic E-state index is 12.1. The third-order valence-corrected chi connectivity index (χ3v) is 5.40. The first-order valence-corrected chi connectivity index (χ1v) is 9.41. The minimum Gasteiger partial charge on any atom is -0.369 e. The van der Waals surface area contributed by atoms with Gasteiger partial charge in [-0.2, -0.15) is 0 Å². The van der Waals surface area contributed by atoms with E-state index in [0.29, 0.717) is 6.42 Å². The van der Waals surface area contributed by atoms with Crippen molar-refractivity contribution in [3.8, 4) is 0 Å². The number of hydrogen-bond donors (Lipinski definition) is 2. The minimum absolute atomic E-state index is 0.00173. The SMILES string of the molecule is NC(=O)C1CCN(Cc2cccc(NC(=O)Cc3cccs3)c2)CC1. The monoisotopic (exact) mass is 357 g/mol. The van der Waals surface area contributed by atoms with Crippen LogP contribution in [0.2, 0.25) is 0 Å². The van der Waals surface area contributed by atoms with Gasteiger partial charge >= 0.3 is 0 Å². The van der Waals surface area contributed by atoms with Crippen molar-refractivity contribution in [1.82, 2.24) is 4.90 Å². The van der Waals surface area contributed by atoms with Gasteiger partial charge in [-0.05, 0) is 55.1 Å². The molecule has 0 spiro atoms. The number of primary amides is 1. The third kappa shape index (κ3) is 5.14. The number of thiophene rings is 1. The van der Waals surface area contributed by atoms with Gasteiger partial charge in [-0.25, -0.2) is 0 Å². The summed E-state index contributed by atoms with van der Waals surface area (Å²) in [6.45, 7) is 2.57. The normalized spacial score (nSPS) is 15.8. The topological polar surface area (TPSA) is 75.4 Å². The van der Waals surface area contributed by atoms with Crippen molar-refractivity contribution in [2.75, 3.05) is 18.4 Å². The van der Waals surface area contributed by atoms with Crippen molar-refractivity contribution in [2.24, 2.45) is 11.7 Å². The third-order valence-electron chi connectivity index (χ3n) is 4.52. The molecule has 25 heavy (non-hydrogen) atoms. The van der Waals surface area contributed by atoms with Crippen LogP contribution in [0.1, 0.15) is 23.3 Å². The number of hydrogen-bond acceptors (Lipinski definition) is 4. The van der Waals surface area contributed by atoms with Gasteiger partial charge in [-0.3, -0.25) is 14.5 Å². The van der Waals surface area contributed by atoms with Crippen LogP contribution in [0.5, 0.6) is 0 Å². The number of nitrogens with zero attached hydrogens (tertiary/aromatic N) is 1. The Balaban J connectivity index is 1.53. The number of likely N-dealkylation sites (tertiary alicyclic amines) is 1. The van der Waals surface area contributed by atoms with Gasteiger partial charge in [0.2, 0.25) is 11.8 Å². The lowest BCUT2D eigenvalue weighted by atomic mass is 9.96. The summed E-state index contributed by atoms with van der Waals surface area (Å²) >= 11 is 1.59. The first-order valence-electron chi connectivity index (χ1n) is 8.53. The van der Waals surface area contributed by atoms with Crippen molar-refractivity contribution in [2.45, 2.75) is 25.8 Å². The summed E-state index contributed by atoms with van der Waals surface area (Å²) in [6.07, 6.45) is 2.06. The van der Waals surface area contributed by atoms with Crippen molar-refractivity contribution >= 4 is 28.8 Å². The van der Waals surface area contributed by atoms with E-state index in [1.54, 1.807) is 11.3 Å². The molecule has 1 aliphatic heterocycles. The Bertz CT molecular complexity index is 722. The van der Waals surface area contributed by atoms with Crippen molar-refractivity contribution in [3.05, 3.63) is 52.2 Å². The highest BCUT2D eigenvalue weighted by Gasteiger charge is 2.22. The molecule has 0 aliphatic carbocycles. The summed E-state index contributed by atoms with van der Waals surface area (Å²) in [5.41, 5.74) is 7.37. The fourth-order valence-corrected chi connectivity index (χ4v) is 3.86. The number of nitrogens with one attached hydrogen (secondary N) is 1. The maximum absolute atomic E-state index is 12.1. The highest BCUT2D eigenvalue weighted by molar-refractivity contribution is 7.10. The van der Waals surface area contributed by atoms with Crippen molar-refractivity contribution < 1.29 is 9.59 Å². The predicted octanol–water partition coefficient (Wildman–Crippen LogP) is 2.63. The molecule has 0 bridgehead atoms. The lowest BCUT2D eigenvalue weighted by Crippen LogP contribution is -2.38. The number of anilines is 1. The molecule has 0 unspecified atom stereocenters. The predicted molar refractivity (Wildman–Crippen MR) is 100 cm³/mol. The van der Waals surface area contributed by atoms with E-state index in [-0.39, 0.29) is 17.7 Å². The Morgan fingerprint density at radius 3 is 2.68 bits per heavy atom. The zero-order valence-corrected chi connectivity index (χ0v) is 14.9. The van der Waals surface area contributed by atoms with Crippen LogP contribution in [0.4, 0.5) is 5.69 Å². The first-order chi connectivity index (χ1) is 12.1. The van der Waals surface area contributed by atoms with Gasteiger partial charge in [-0.15, -0.1) is 11.3 Å². The quantitative estimate of drug-likeness (QED) is 0.834. The van der Waals surface area contributed by atoms with E-state index in [2.05, 4.69) is 16.3 Å². The highest BCUT2D eigenvalue weighted by Crippen LogP contribution is 2.20. The van der Waals surface area contributed by atoms with E-state index in [1.807, 2.05) is 35.7 Å². The number of benzene rings is 1. The summed E-state index contributed by atoms with van der Waals surface area (Å²) in [7, 11) is 0. The molecule has 3 N–H and O–H groups in total. The van der Waals surface area contributed by atoms with Gasteiger partial charge in [0.1, 0.15) is 0 Å². The first kappa shape index (κ1) is 17.6. The number of carbonyl (C=O) groups excluding carboxylic acids is 2. The lowest BCUT2D eigenvalue weighted by Gasteiger charge is -2.30. The van der Waals surface area contributed by atoms with E-state index in [4.69, 9.17) is 5.73 Å². The average Bonchev–Trinajstić information content (AvgIpc) is 3.08. The van der Waals surface area contributed by atoms with Gasteiger partial charge in [0.05, 0.1) is 6.42 Å². The Labute approximate surface area is 151 Å². The second-order valence-corrected chi connectivity index (χ2v) is 7.49. The Morgan fingerprint density at radius 2 is 2.00 bits per heavy atom.